The van der Waals surface area contributed by atoms with Crippen LogP contribution in [0.2, 0.25) is 0 Å². The van der Waals surface area contributed by atoms with Crippen molar-refractivity contribution in [2.24, 2.45) is 0 Å². The Kier molecular flexibility index (Phi) is 4.88. The van der Waals surface area contributed by atoms with Crippen LogP contribution in [0.15, 0.2) is 5.51 Å². The molecule has 0 aliphatic heterocycles. The van der Waals surface area contributed by atoms with Gasteiger partial charge in [-0.15, -0.1) is 11.3 Å². The Morgan fingerprint density at radius 1 is 1.53 bits per heavy atom. The van der Waals surface area contributed by atoms with E-state index in [4.69, 9.17) is 0 Å². The van der Waals surface area contributed by atoms with Crippen LogP contribution >= 0.6 is 23.1 Å². The summed E-state index contributed by atoms with van der Waals surface area (Å²) in [5, 5.41) is 2.95. The zero-order valence-corrected chi connectivity index (χ0v) is 9.73. The molecule has 0 saturated heterocycles. The molecule has 2 nitrogen and oxygen atoms in total. The molecule has 0 aromatic carbocycles. The molecule has 86 valence electrons. The summed E-state index contributed by atoms with van der Waals surface area (Å²) in [5.74, 6) is 0.0430. The molecule has 0 amide bonds. The van der Waals surface area contributed by atoms with Gasteiger partial charge in [0.2, 0.25) is 0 Å². The minimum Gasteiger partial charge on any atom is -0.311 e. The molecule has 0 bridgehead atoms. The van der Waals surface area contributed by atoms with Gasteiger partial charge in [-0.2, -0.15) is 13.2 Å². The highest BCUT2D eigenvalue weighted by Crippen LogP contribution is 2.29. The van der Waals surface area contributed by atoms with E-state index in [9.17, 15) is 13.2 Å². The molecule has 7 heteroatoms. The average molecular weight is 256 g/mol. The van der Waals surface area contributed by atoms with Gasteiger partial charge in [0.05, 0.1) is 11.2 Å². The highest BCUT2D eigenvalue weighted by molar-refractivity contribution is 8.00. The monoisotopic (exact) mass is 256 g/mol. The standard InChI is InChI=1S/C8H11F3N2S2/c1-6-7(14-5-13-6)4-12-2-3-15-8(9,10)11/h5,12H,2-4H2,1H3. The molecule has 0 spiro atoms. The first kappa shape index (κ1) is 12.8. The lowest BCUT2D eigenvalue weighted by Gasteiger charge is -2.06. The van der Waals surface area contributed by atoms with E-state index >= 15 is 0 Å². The maximum absolute atomic E-state index is 11.7. The second-order valence-corrected chi connectivity index (χ2v) is 4.93. The van der Waals surface area contributed by atoms with Crippen molar-refractivity contribution in [2.75, 3.05) is 12.3 Å². The van der Waals surface area contributed by atoms with Gasteiger partial charge in [0.15, 0.2) is 0 Å². The summed E-state index contributed by atoms with van der Waals surface area (Å²) in [5.41, 5.74) is -1.45. The molecular formula is C8H11F3N2S2. The van der Waals surface area contributed by atoms with E-state index in [2.05, 4.69) is 10.3 Å². The van der Waals surface area contributed by atoms with Crippen molar-refractivity contribution in [3.05, 3.63) is 16.1 Å². The Morgan fingerprint density at radius 3 is 2.80 bits per heavy atom. The third-order valence-electron chi connectivity index (χ3n) is 1.67. The Morgan fingerprint density at radius 2 is 2.27 bits per heavy atom. The van der Waals surface area contributed by atoms with Gasteiger partial charge < -0.3 is 5.32 Å². The predicted octanol–water partition coefficient (Wildman–Crippen LogP) is 2.79. The lowest BCUT2D eigenvalue weighted by molar-refractivity contribution is -0.0327. The van der Waals surface area contributed by atoms with Crippen LogP contribution in [0.5, 0.6) is 0 Å². The van der Waals surface area contributed by atoms with E-state index in [1.165, 1.54) is 11.3 Å². The number of aryl methyl sites for hydroxylation is 1. The van der Waals surface area contributed by atoms with Crippen molar-refractivity contribution in [2.45, 2.75) is 19.0 Å². The van der Waals surface area contributed by atoms with Crippen LogP contribution < -0.4 is 5.32 Å². The second kappa shape index (κ2) is 5.72. The number of hydrogen-bond donors (Lipinski definition) is 1. The molecule has 15 heavy (non-hydrogen) atoms. The summed E-state index contributed by atoms with van der Waals surface area (Å²) in [4.78, 5) is 5.12. The fourth-order valence-electron chi connectivity index (χ4n) is 0.937. The van der Waals surface area contributed by atoms with Crippen molar-refractivity contribution in [1.29, 1.82) is 0 Å². The van der Waals surface area contributed by atoms with Gasteiger partial charge in [-0.1, -0.05) is 0 Å². The molecule has 1 aromatic heterocycles. The van der Waals surface area contributed by atoms with Crippen molar-refractivity contribution < 1.29 is 13.2 Å². The number of alkyl halides is 3. The highest BCUT2D eigenvalue weighted by Gasteiger charge is 2.27. The van der Waals surface area contributed by atoms with Crippen molar-refractivity contribution in [1.82, 2.24) is 10.3 Å². The van der Waals surface area contributed by atoms with Crippen LogP contribution in [0, 0.1) is 6.92 Å². The van der Waals surface area contributed by atoms with Gasteiger partial charge in [-0.05, 0) is 18.7 Å². The van der Waals surface area contributed by atoms with Gasteiger partial charge in [0.1, 0.15) is 0 Å². The van der Waals surface area contributed by atoms with Gasteiger partial charge in [0, 0.05) is 23.7 Å². The summed E-state index contributed by atoms with van der Waals surface area (Å²) in [7, 11) is 0. The summed E-state index contributed by atoms with van der Waals surface area (Å²) in [6.07, 6.45) is 0. The Balaban J connectivity index is 2.10. The van der Waals surface area contributed by atoms with E-state index in [0.29, 0.717) is 13.1 Å². The smallest absolute Gasteiger partial charge is 0.311 e. The minimum absolute atomic E-state index is 0.000242. The zero-order chi connectivity index (χ0) is 11.3. The van der Waals surface area contributed by atoms with E-state index in [1.807, 2.05) is 6.92 Å². The largest absolute Gasteiger partial charge is 0.441 e. The molecule has 0 radical (unpaired) electrons. The Labute approximate surface area is 94.3 Å². The van der Waals surface area contributed by atoms with Crippen LogP contribution in [0.3, 0.4) is 0 Å². The first-order chi connectivity index (χ1) is 6.99. The first-order valence-corrected chi connectivity index (χ1v) is 6.16. The third-order valence-corrected chi connectivity index (χ3v) is 3.35. The predicted molar refractivity (Wildman–Crippen MR) is 57.1 cm³/mol. The molecule has 1 aromatic rings. The van der Waals surface area contributed by atoms with E-state index in [0.717, 1.165) is 10.6 Å². The van der Waals surface area contributed by atoms with Gasteiger partial charge in [-0.25, -0.2) is 4.98 Å². The van der Waals surface area contributed by atoms with E-state index < -0.39 is 5.51 Å². The van der Waals surface area contributed by atoms with Crippen molar-refractivity contribution >= 4 is 23.1 Å². The van der Waals surface area contributed by atoms with Gasteiger partial charge in [-0.3, -0.25) is 0 Å². The van der Waals surface area contributed by atoms with Crippen molar-refractivity contribution in [3.63, 3.8) is 0 Å². The normalized spacial score (nSPS) is 12.0. The fourth-order valence-corrected chi connectivity index (χ4v) is 2.16. The lowest BCUT2D eigenvalue weighted by atomic mass is 10.4. The number of halogens is 3. The summed E-state index contributed by atoms with van der Waals surface area (Å²) in [6, 6.07) is 0. The van der Waals surface area contributed by atoms with Crippen LogP contribution in [-0.4, -0.2) is 22.8 Å². The third kappa shape index (κ3) is 5.39. The lowest BCUT2D eigenvalue weighted by Crippen LogP contribution is -2.18. The topological polar surface area (TPSA) is 24.9 Å². The fraction of sp³-hybridized carbons (Fsp3) is 0.625. The molecule has 1 heterocycles. The number of hydrogen-bond acceptors (Lipinski definition) is 4. The number of nitrogens with zero attached hydrogens (tertiary/aromatic N) is 1. The van der Waals surface area contributed by atoms with Crippen LogP contribution in [-0.2, 0) is 6.54 Å². The molecule has 0 aliphatic carbocycles. The second-order valence-electron chi connectivity index (χ2n) is 2.83. The van der Waals surface area contributed by atoms with E-state index in [-0.39, 0.29) is 17.5 Å². The van der Waals surface area contributed by atoms with Gasteiger partial charge in [0.25, 0.3) is 0 Å². The quantitative estimate of drug-likeness (QED) is 0.820. The SMILES string of the molecule is Cc1ncsc1CNCCSC(F)(F)F. The van der Waals surface area contributed by atoms with Crippen LogP contribution in [0.1, 0.15) is 10.6 Å². The molecule has 0 saturated carbocycles. The van der Waals surface area contributed by atoms with E-state index in [1.54, 1.807) is 5.51 Å². The average Bonchev–Trinajstić information content (AvgIpc) is 2.49. The molecule has 0 aliphatic rings. The number of thiazole rings is 1. The number of rotatable bonds is 5. The van der Waals surface area contributed by atoms with Crippen LogP contribution in [0.4, 0.5) is 13.2 Å². The molecule has 0 atom stereocenters. The molecule has 1 N–H and O–H groups in total. The summed E-state index contributed by atoms with van der Waals surface area (Å²) >= 11 is 1.51. The first-order valence-electron chi connectivity index (χ1n) is 4.29. The summed E-state index contributed by atoms with van der Waals surface area (Å²) < 4.78 is 35.2. The van der Waals surface area contributed by atoms with Gasteiger partial charge >= 0.3 is 5.51 Å². The maximum Gasteiger partial charge on any atom is 0.441 e. The molecule has 0 fully saturated rings. The number of aromatic nitrogens is 1. The molecule has 0 unspecified atom stereocenters. The molecule has 1 rings (SSSR count). The Bertz CT molecular complexity index is 298. The zero-order valence-electron chi connectivity index (χ0n) is 8.10. The minimum atomic E-state index is -4.12. The highest BCUT2D eigenvalue weighted by atomic mass is 32.2. The number of nitrogens with one attached hydrogen (secondary N) is 1. The summed E-state index contributed by atoms with van der Waals surface area (Å²) in [6.45, 7) is 2.83. The number of thioether (sulfide) groups is 1. The van der Waals surface area contributed by atoms with Crippen molar-refractivity contribution in [3.8, 4) is 0 Å². The molecular weight excluding hydrogens is 245 g/mol. The maximum atomic E-state index is 11.7. The Hall–Kier alpha value is -0.270. The van der Waals surface area contributed by atoms with Crippen LogP contribution in [0.25, 0.3) is 0 Å².